The summed E-state index contributed by atoms with van der Waals surface area (Å²) in [4.78, 5) is 27.1. The molecule has 20 heavy (non-hydrogen) atoms. The fourth-order valence-corrected chi connectivity index (χ4v) is 3.74. The molecule has 1 fully saturated rings. The largest absolute Gasteiger partial charge is 0.328 e. The van der Waals surface area contributed by atoms with E-state index < -0.39 is 0 Å². The molecule has 1 aromatic rings. The van der Waals surface area contributed by atoms with Gasteiger partial charge in [-0.05, 0) is 31.9 Å². The predicted molar refractivity (Wildman–Crippen MR) is 85.2 cm³/mol. The molecule has 108 valence electrons. The summed E-state index contributed by atoms with van der Waals surface area (Å²) in [6.45, 7) is 3.98. The molecule has 0 aromatic heterocycles. The van der Waals surface area contributed by atoms with Crippen molar-refractivity contribution in [2.75, 3.05) is 12.5 Å². The maximum atomic E-state index is 12.7. The maximum absolute atomic E-state index is 12.7. The van der Waals surface area contributed by atoms with Crippen molar-refractivity contribution in [3.8, 4) is 0 Å². The van der Waals surface area contributed by atoms with Gasteiger partial charge < -0.3 is 4.90 Å². The Morgan fingerprint density at radius 2 is 1.80 bits per heavy atom. The van der Waals surface area contributed by atoms with Crippen molar-refractivity contribution in [2.45, 2.75) is 32.4 Å². The number of piperidine rings is 1. The highest BCUT2D eigenvalue weighted by molar-refractivity contribution is 8.16. The number of carbonyl (C=O) groups excluding carboxylic acids is 2. The average molecular weight is 291 g/mol. The number of hydrogen-bond donors (Lipinski definition) is 0. The zero-order valence-corrected chi connectivity index (χ0v) is 13.2. The fourth-order valence-electron chi connectivity index (χ4n) is 2.75. The van der Waals surface area contributed by atoms with Crippen LogP contribution in [-0.4, -0.2) is 40.0 Å². The van der Waals surface area contributed by atoms with Gasteiger partial charge >= 0.3 is 0 Å². The van der Waals surface area contributed by atoms with Gasteiger partial charge in [0.2, 0.25) is 0 Å². The second kappa shape index (κ2) is 5.92. The van der Waals surface area contributed by atoms with E-state index in [1.54, 1.807) is 0 Å². The van der Waals surface area contributed by atoms with Crippen LogP contribution >= 0.6 is 10.5 Å². The summed E-state index contributed by atoms with van der Waals surface area (Å²) in [5, 5.41) is 0. The lowest BCUT2D eigenvalue weighted by Crippen LogP contribution is -2.52. The van der Waals surface area contributed by atoms with Gasteiger partial charge in [0.15, 0.2) is 5.78 Å². The average Bonchev–Trinajstić information content (AvgIpc) is 2.38. The minimum atomic E-state index is -0.295. The monoisotopic (exact) mass is 291 g/mol. The lowest BCUT2D eigenvalue weighted by Gasteiger charge is -2.39. The third-order valence-electron chi connectivity index (χ3n) is 3.75. The first-order chi connectivity index (χ1) is 9.43. The number of ketones is 1. The Labute approximate surface area is 122 Å². The number of Topliss-reactive ketones (excluding diaryl/α,β-unsaturated/α-hetero) is 1. The van der Waals surface area contributed by atoms with Gasteiger partial charge in [-0.25, -0.2) is 0 Å². The number of hydrogen-bond acceptors (Lipinski definition) is 2. The molecule has 0 N–H and O–H groups in total. The van der Waals surface area contributed by atoms with E-state index in [-0.39, 0.29) is 34.3 Å². The first kappa shape index (κ1) is 15.0. The fraction of sp³-hybridized carbons (Fsp3) is 0.438. The quantitative estimate of drug-likeness (QED) is 0.786. The molecule has 1 aliphatic heterocycles. The standard InChI is InChI=1S/C16H21NO2S/c1-11-10-14(18)15(20(3)4)16(19)17(11)12(2)13-8-6-5-7-9-13/h5-9,11-12H,10H2,1-4H3/t11-,12+/m1/s1. The van der Waals surface area contributed by atoms with E-state index in [4.69, 9.17) is 0 Å². The molecule has 3 nitrogen and oxygen atoms in total. The van der Waals surface area contributed by atoms with E-state index >= 15 is 0 Å². The van der Waals surface area contributed by atoms with E-state index in [9.17, 15) is 9.59 Å². The Bertz CT molecular complexity index is 561. The Morgan fingerprint density at radius 3 is 2.35 bits per heavy atom. The van der Waals surface area contributed by atoms with Crippen LogP contribution in [-0.2, 0) is 9.59 Å². The molecule has 1 saturated heterocycles. The molecule has 4 heteroatoms. The zero-order valence-electron chi connectivity index (χ0n) is 12.4. The van der Waals surface area contributed by atoms with Gasteiger partial charge in [0.1, 0.15) is 4.86 Å². The molecule has 0 bridgehead atoms. The Hall–Kier alpha value is -1.42. The van der Waals surface area contributed by atoms with Crippen molar-refractivity contribution in [1.82, 2.24) is 4.90 Å². The number of rotatable bonds is 2. The van der Waals surface area contributed by atoms with E-state index in [0.717, 1.165) is 5.56 Å². The van der Waals surface area contributed by atoms with Gasteiger partial charge in [0.05, 0.1) is 6.04 Å². The van der Waals surface area contributed by atoms with Crippen LogP contribution in [0.1, 0.15) is 31.9 Å². The van der Waals surface area contributed by atoms with Crippen molar-refractivity contribution in [3.63, 3.8) is 0 Å². The Kier molecular flexibility index (Phi) is 4.43. The third-order valence-corrected chi connectivity index (χ3v) is 4.96. The minimum absolute atomic E-state index is 0.00894. The highest BCUT2D eigenvalue weighted by Crippen LogP contribution is 2.28. The summed E-state index contributed by atoms with van der Waals surface area (Å²) in [6, 6.07) is 9.92. The lowest BCUT2D eigenvalue weighted by molar-refractivity contribution is -0.132. The molecule has 0 saturated carbocycles. The van der Waals surface area contributed by atoms with Crippen LogP contribution in [0.2, 0.25) is 0 Å². The molecular formula is C16H21NO2S. The molecular weight excluding hydrogens is 270 g/mol. The molecule has 2 atom stereocenters. The first-order valence-corrected chi connectivity index (χ1v) is 8.83. The summed E-state index contributed by atoms with van der Waals surface area (Å²) >= 11 is 0. The summed E-state index contributed by atoms with van der Waals surface area (Å²) in [5.41, 5.74) is 1.11. The number of likely N-dealkylation sites (tertiary alicyclic amines) is 1. The van der Waals surface area contributed by atoms with E-state index in [1.807, 2.05) is 61.6 Å². The van der Waals surface area contributed by atoms with E-state index in [2.05, 4.69) is 0 Å². The van der Waals surface area contributed by atoms with Crippen molar-refractivity contribution < 1.29 is 9.59 Å². The maximum Gasteiger partial charge on any atom is 0.263 e. The van der Waals surface area contributed by atoms with Gasteiger partial charge in [-0.3, -0.25) is 9.59 Å². The van der Waals surface area contributed by atoms with Gasteiger partial charge in [0.25, 0.3) is 5.91 Å². The summed E-state index contributed by atoms with van der Waals surface area (Å²) < 4.78 is 0. The molecule has 1 aromatic carbocycles. The summed E-state index contributed by atoms with van der Waals surface area (Å²) in [6.07, 6.45) is 4.31. The smallest absolute Gasteiger partial charge is 0.263 e. The third kappa shape index (κ3) is 2.70. The molecule has 0 spiro atoms. The van der Waals surface area contributed by atoms with Crippen molar-refractivity contribution in [1.29, 1.82) is 0 Å². The van der Waals surface area contributed by atoms with Gasteiger partial charge in [0, 0.05) is 12.5 Å². The SMILES string of the molecule is C[C@@H]1CC(=O)C(=S(C)C)C(=O)N1[C@@H](C)c1ccccc1. The van der Waals surface area contributed by atoms with Crippen LogP contribution in [0.15, 0.2) is 30.3 Å². The second-order valence-corrected chi connectivity index (χ2v) is 7.46. The van der Waals surface area contributed by atoms with Gasteiger partial charge in [-0.15, -0.1) is 0 Å². The van der Waals surface area contributed by atoms with Gasteiger partial charge in [-0.1, -0.05) is 30.3 Å². The van der Waals surface area contributed by atoms with Gasteiger partial charge in [-0.2, -0.15) is 10.5 Å². The minimum Gasteiger partial charge on any atom is -0.328 e. The molecule has 1 amide bonds. The highest BCUT2D eigenvalue weighted by atomic mass is 32.2. The normalized spacial score (nSPS) is 21.6. The number of amides is 1. The number of carbonyl (C=O) groups is 2. The van der Waals surface area contributed by atoms with Crippen LogP contribution in [0.5, 0.6) is 0 Å². The van der Waals surface area contributed by atoms with Crippen LogP contribution < -0.4 is 0 Å². The predicted octanol–water partition coefficient (Wildman–Crippen LogP) is 2.64. The van der Waals surface area contributed by atoms with Crippen LogP contribution in [0.3, 0.4) is 0 Å². The zero-order chi connectivity index (χ0) is 14.9. The summed E-state index contributed by atoms with van der Waals surface area (Å²) in [5.74, 6) is -0.0641. The van der Waals surface area contributed by atoms with Crippen LogP contribution in [0, 0.1) is 0 Å². The molecule has 0 aliphatic carbocycles. The molecule has 0 unspecified atom stereocenters. The number of nitrogens with zero attached hydrogens (tertiary/aromatic N) is 1. The van der Waals surface area contributed by atoms with Crippen molar-refractivity contribution in [2.24, 2.45) is 0 Å². The topological polar surface area (TPSA) is 37.4 Å². The lowest BCUT2D eigenvalue weighted by atomic mass is 9.96. The summed E-state index contributed by atoms with van der Waals surface area (Å²) in [7, 11) is -0.295. The molecule has 1 aliphatic rings. The molecule has 2 rings (SSSR count). The van der Waals surface area contributed by atoms with Crippen LogP contribution in [0.4, 0.5) is 0 Å². The van der Waals surface area contributed by atoms with Crippen LogP contribution in [0.25, 0.3) is 0 Å². The second-order valence-electron chi connectivity index (χ2n) is 5.42. The van der Waals surface area contributed by atoms with Crippen molar-refractivity contribution in [3.05, 3.63) is 35.9 Å². The highest BCUT2D eigenvalue weighted by Gasteiger charge is 2.38. The Morgan fingerprint density at radius 1 is 1.20 bits per heavy atom. The first-order valence-electron chi connectivity index (χ1n) is 6.78. The molecule has 0 radical (unpaired) electrons. The Balaban J connectivity index is 2.38. The van der Waals surface area contributed by atoms with E-state index in [1.165, 1.54) is 0 Å². The van der Waals surface area contributed by atoms with E-state index in [0.29, 0.717) is 11.3 Å². The van der Waals surface area contributed by atoms with Crippen molar-refractivity contribution >= 4 is 27.0 Å². The molecule has 1 heterocycles. The number of benzene rings is 1.